The summed E-state index contributed by atoms with van der Waals surface area (Å²) in [5.74, 6) is 2.07. The van der Waals surface area contributed by atoms with Crippen LogP contribution in [-0.4, -0.2) is 33.1 Å². The lowest BCUT2D eigenvalue weighted by molar-refractivity contribution is 0.203. The summed E-state index contributed by atoms with van der Waals surface area (Å²) in [5, 5.41) is 0.357. The van der Waals surface area contributed by atoms with Crippen molar-refractivity contribution in [3.05, 3.63) is 65.7 Å². The molecule has 0 heterocycles. The largest absolute Gasteiger partial charge is 0.497 e. The summed E-state index contributed by atoms with van der Waals surface area (Å²) in [7, 11) is -1.84. The minimum atomic E-state index is -3.51. The summed E-state index contributed by atoms with van der Waals surface area (Å²) < 4.78 is 35.3. The lowest BCUT2D eigenvalue weighted by atomic mass is 9.98. The Hall–Kier alpha value is -1.50. The summed E-state index contributed by atoms with van der Waals surface area (Å²) in [5.41, 5.74) is 2.38. The van der Waals surface area contributed by atoms with Crippen LogP contribution in [0.5, 0.6) is 5.75 Å². The number of aryl methyl sites for hydroxylation is 1. The van der Waals surface area contributed by atoms with E-state index in [1.165, 1.54) is 11.1 Å². The van der Waals surface area contributed by atoms with Crippen LogP contribution in [0.1, 0.15) is 51.7 Å². The molecule has 2 rings (SSSR count). The molecule has 0 aliphatic heterocycles. The van der Waals surface area contributed by atoms with Crippen molar-refractivity contribution in [2.75, 3.05) is 19.5 Å². The molecule has 0 aromatic heterocycles. The van der Waals surface area contributed by atoms with Gasteiger partial charge in [-0.1, -0.05) is 70.2 Å². The van der Waals surface area contributed by atoms with E-state index in [0.29, 0.717) is 11.7 Å². The van der Waals surface area contributed by atoms with E-state index in [2.05, 4.69) is 43.3 Å². The molecule has 4 nitrogen and oxygen atoms in total. The minimum Gasteiger partial charge on any atom is -0.497 e. The summed E-state index contributed by atoms with van der Waals surface area (Å²) in [4.78, 5) is 0. The molecule has 0 aliphatic carbocycles. The van der Waals surface area contributed by atoms with Gasteiger partial charge >= 0.3 is 0 Å². The Labute approximate surface area is 199 Å². The molecule has 32 heavy (non-hydrogen) atoms. The predicted octanol–water partition coefficient (Wildman–Crippen LogP) is 6.35. The van der Waals surface area contributed by atoms with Crippen LogP contribution in [0.3, 0.4) is 0 Å². The first-order chi connectivity index (χ1) is 15.1. The third kappa shape index (κ3) is 10.4. The molecule has 0 saturated heterocycles. The normalized spacial score (nSPS) is 14.2. The van der Waals surface area contributed by atoms with Crippen LogP contribution in [-0.2, 0) is 26.5 Å². The van der Waals surface area contributed by atoms with E-state index in [1.807, 2.05) is 50.7 Å². The fourth-order valence-electron chi connectivity index (χ4n) is 3.25. The van der Waals surface area contributed by atoms with Crippen molar-refractivity contribution in [2.24, 2.45) is 11.3 Å². The average molecular weight is 479 g/mol. The van der Waals surface area contributed by atoms with E-state index in [0.717, 1.165) is 24.3 Å². The number of hydrogen-bond donors (Lipinski definition) is 0. The van der Waals surface area contributed by atoms with Crippen molar-refractivity contribution >= 4 is 21.9 Å². The molecule has 0 amide bonds. The summed E-state index contributed by atoms with van der Waals surface area (Å²) in [6.07, 6.45) is 2.59. The monoisotopic (exact) mass is 478 g/mol. The summed E-state index contributed by atoms with van der Waals surface area (Å²) in [6, 6.07) is 18.6. The average Bonchev–Trinajstić information content (AvgIpc) is 2.77. The molecule has 0 unspecified atom stereocenters. The standard InChI is InChI=1S/C26H38O4S2/c1-21(17-18-32(27,28)30-20-26(2,3)4)25(16-13-22-9-7-6-8-10-22)31-19-23-11-14-24(29-5)15-12-23/h6-12,14-15,21,25H,13,16-20H2,1-5H3/t21-,25+/m0/s1. The molecule has 0 bridgehead atoms. The third-order valence-corrected chi connectivity index (χ3v) is 8.15. The van der Waals surface area contributed by atoms with Gasteiger partial charge in [-0.25, -0.2) is 0 Å². The Kier molecular flexibility index (Phi) is 10.6. The molecule has 0 radical (unpaired) electrons. The molecule has 0 aliphatic rings. The lowest BCUT2D eigenvalue weighted by Gasteiger charge is -2.24. The first kappa shape index (κ1) is 26.7. The van der Waals surface area contributed by atoms with Crippen molar-refractivity contribution in [3.63, 3.8) is 0 Å². The summed E-state index contributed by atoms with van der Waals surface area (Å²) >= 11 is 1.91. The van der Waals surface area contributed by atoms with Crippen molar-refractivity contribution in [2.45, 2.75) is 58.0 Å². The van der Waals surface area contributed by atoms with E-state index in [9.17, 15) is 8.42 Å². The Morgan fingerprint density at radius 1 is 0.938 bits per heavy atom. The first-order valence-corrected chi connectivity index (χ1v) is 13.9. The van der Waals surface area contributed by atoms with Gasteiger partial charge in [0.05, 0.1) is 19.5 Å². The van der Waals surface area contributed by atoms with Crippen LogP contribution in [0.4, 0.5) is 0 Å². The van der Waals surface area contributed by atoms with Crippen LogP contribution in [0.15, 0.2) is 54.6 Å². The molecular formula is C26H38O4S2. The zero-order valence-corrected chi connectivity index (χ0v) is 21.7. The van der Waals surface area contributed by atoms with Gasteiger partial charge < -0.3 is 4.74 Å². The number of methoxy groups -OCH3 is 1. The van der Waals surface area contributed by atoms with Crippen LogP contribution >= 0.6 is 11.8 Å². The first-order valence-electron chi connectivity index (χ1n) is 11.2. The van der Waals surface area contributed by atoms with Gasteiger partial charge in [-0.15, -0.1) is 0 Å². The number of thioether (sulfide) groups is 1. The molecule has 178 valence electrons. The van der Waals surface area contributed by atoms with Crippen molar-refractivity contribution in [1.29, 1.82) is 0 Å². The van der Waals surface area contributed by atoms with Gasteiger partial charge in [0.15, 0.2) is 0 Å². The molecular weight excluding hydrogens is 440 g/mol. The highest BCUT2D eigenvalue weighted by atomic mass is 32.2. The number of ether oxygens (including phenoxy) is 1. The van der Waals surface area contributed by atoms with Gasteiger partial charge in [0.1, 0.15) is 5.75 Å². The zero-order chi connectivity index (χ0) is 23.6. The van der Waals surface area contributed by atoms with Crippen molar-refractivity contribution < 1.29 is 17.3 Å². The molecule has 2 aromatic rings. The van der Waals surface area contributed by atoms with Gasteiger partial charge in [0.2, 0.25) is 0 Å². The minimum absolute atomic E-state index is 0.0647. The highest BCUT2D eigenvalue weighted by Gasteiger charge is 2.23. The highest BCUT2D eigenvalue weighted by Crippen LogP contribution is 2.31. The van der Waals surface area contributed by atoms with E-state index >= 15 is 0 Å². The Morgan fingerprint density at radius 3 is 2.19 bits per heavy atom. The number of benzene rings is 2. The maximum Gasteiger partial charge on any atom is 0.267 e. The smallest absolute Gasteiger partial charge is 0.267 e. The van der Waals surface area contributed by atoms with Crippen LogP contribution in [0.2, 0.25) is 0 Å². The second-order valence-corrected chi connectivity index (χ2v) is 12.6. The van der Waals surface area contributed by atoms with E-state index in [4.69, 9.17) is 8.92 Å². The van der Waals surface area contributed by atoms with Gasteiger partial charge in [-0.2, -0.15) is 20.2 Å². The summed E-state index contributed by atoms with van der Waals surface area (Å²) in [6.45, 7) is 8.30. The van der Waals surface area contributed by atoms with Gasteiger partial charge in [0.25, 0.3) is 10.1 Å². The predicted molar refractivity (Wildman–Crippen MR) is 136 cm³/mol. The van der Waals surface area contributed by atoms with Crippen molar-refractivity contribution in [1.82, 2.24) is 0 Å². The van der Waals surface area contributed by atoms with E-state index in [1.54, 1.807) is 7.11 Å². The fourth-order valence-corrected chi connectivity index (χ4v) is 5.91. The topological polar surface area (TPSA) is 52.6 Å². The molecule has 0 fully saturated rings. The maximum atomic E-state index is 12.4. The van der Waals surface area contributed by atoms with Crippen LogP contribution in [0.25, 0.3) is 0 Å². The molecule has 0 spiro atoms. The number of rotatable bonds is 13. The second-order valence-electron chi connectivity index (χ2n) is 9.57. The lowest BCUT2D eigenvalue weighted by Crippen LogP contribution is -2.23. The van der Waals surface area contributed by atoms with Gasteiger partial charge in [0, 0.05) is 11.0 Å². The Balaban J connectivity index is 1.97. The van der Waals surface area contributed by atoms with Crippen LogP contribution < -0.4 is 4.74 Å². The molecule has 0 saturated carbocycles. The fraction of sp³-hybridized carbons (Fsp3) is 0.538. The Morgan fingerprint density at radius 2 is 1.59 bits per heavy atom. The van der Waals surface area contributed by atoms with E-state index < -0.39 is 10.1 Å². The molecule has 0 N–H and O–H groups in total. The highest BCUT2D eigenvalue weighted by molar-refractivity contribution is 7.99. The quantitative estimate of drug-likeness (QED) is 0.314. The zero-order valence-electron chi connectivity index (χ0n) is 20.0. The molecule has 2 aromatic carbocycles. The van der Waals surface area contributed by atoms with E-state index in [-0.39, 0.29) is 23.7 Å². The maximum absolute atomic E-state index is 12.4. The van der Waals surface area contributed by atoms with Crippen molar-refractivity contribution in [3.8, 4) is 5.75 Å². The second kappa shape index (κ2) is 12.7. The third-order valence-electron chi connectivity index (χ3n) is 5.31. The molecule has 2 atom stereocenters. The van der Waals surface area contributed by atoms with Gasteiger partial charge in [-0.05, 0) is 53.9 Å². The Bertz CT molecular complexity index is 888. The number of hydrogen-bond acceptors (Lipinski definition) is 5. The molecule has 6 heteroatoms. The SMILES string of the molecule is COc1ccc(CS[C@H](CCc2ccccc2)[C@@H](C)CCS(=O)(=O)OCC(C)(C)C)cc1. The van der Waals surface area contributed by atoms with Crippen LogP contribution in [0, 0.1) is 11.3 Å². The van der Waals surface area contributed by atoms with Gasteiger partial charge in [-0.3, -0.25) is 4.18 Å².